The van der Waals surface area contributed by atoms with Gasteiger partial charge < -0.3 is 10.4 Å². The lowest BCUT2D eigenvalue weighted by Crippen LogP contribution is -2.41. The highest BCUT2D eigenvalue weighted by molar-refractivity contribution is 5.94. The Balaban J connectivity index is 2.11. The molecule has 0 spiro atoms. The first-order valence-electron chi connectivity index (χ1n) is 6.59. The first kappa shape index (κ1) is 15.8. The molecule has 3 nitrogen and oxygen atoms in total. The molecule has 1 aliphatic rings. The Hall–Kier alpha value is -1.63. The van der Waals surface area contributed by atoms with Crippen LogP contribution in [0.5, 0.6) is 0 Å². The summed E-state index contributed by atoms with van der Waals surface area (Å²) in [6.07, 6.45) is -1.97. The zero-order valence-electron chi connectivity index (χ0n) is 11.1. The van der Waals surface area contributed by atoms with E-state index in [1.165, 1.54) is 0 Å². The van der Waals surface area contributed by atoms with Crippen LogP contribution in [0, 0.1) is 5.82 Å². The Labute approximate surface area is 119 Å². The van der Waals surface area contributed by atoms with Gasteiger partial charge in [-0.25, -0.2) is 4.39 Å². The predicted molar refractivity (Wildman–Crippen MR) is 67.2 cm³/mol. The molecule has 0 atom stereocenters. The largest absolute Gasteiger partial charge is 0.416 e. The zero-order chi connectivity index (χ0) is 15.7. The molecule has 116 valence electrons. The van der Waals surface area contributed by atoms with Crippen molar-refractivity contribution >= 4 is 5.91 Å². The van der Waals surface area contributed by atoms with E-state index in [4.69, 9.17) is 0 Å². The van der Waals surface area contributed by atoms with Gasteiger partial charge in [-0.15, -0.1) is 0 Å². The SMILES string of the molecule is O=C(NCC1(O)CCCC1)c1cc(C(F)(F)F)ccc1F. The number of amides is 1. The maximum atomic E-state index is 13.5. The molecule has 0 aliphatic heterocycles. The van der Waals surface area contributed by atoms with Crippen LogP contribution < -0.4 is 5.32 Å². The molecule has 1 fully saturated rings. The molecule has 0 radical (unpaired) electrons. The molecule has 1 aliphatic carbocycles. The predicted octanol–water partition coefficient (Wildman–Crippen LogP) is 2.88. The summed E-state index contributed by atoms with van der Waals surface area (Å²) < 4.78 is 51.2. The summed E-state index contributed by atoms with van der Waals surface area (Å²) in [6, 6.07) is 1.67. The molecule has 0 heterocycles. The average molecular weight is 305 g/mol. The first-order chi connectivity index (χ1) is 9.71. The lowest BCUT2D eigenvalue weighted by atomic mass is 10.0. The van der Waals surface area contributed by atoms with Crippen LogP contribution in [-0.4, -0.2) is 23.2 Å². The number of hydrogen-bond donors (Lipinski definition) is 2. The fourth-order valence-electron chi connectivity index (χ4n) is 2.43. The molecule has 0 aromatic heterocycles. The van der Waals surface area contributed by atoms with Crippen LogP contribution in [0.1, 0.15) is 41.6 Å². The Kier molecular flexibility index (Phi) is 4.22. The fourth-order valence-corrected chi connectivity index (χ4v) is 2.43. The van der Waals surface area contributed by atoms with Gasteiger partial charge in [0, 0.05) is 6.54 Å². The van der Waals surface area contributed by atoms with E-state index in [-0.39, 0.29) is 6.54 Å². The van der Waals surface area contributed by atoms with Crippen LogP contribution in [0.4, 0.5) is 17.6 Å². The summed E-state index contributed by atoms with van der Waals surface area (Å²) in [7, 11) is 0. The van der Waals surface area contributed by atoms with E-state index >= 15 is 0 Å². The molecule has 0 unspecified atom stereocenters. The van der Waals surface area contributed by atoms with Gasteiger partial charge in [-0.05, 0) is 31.0 Å². The Morgan fingerprint density at radius 2 is 1.90 bits per heavy atom. The first-order valence-corrected chi connectivity index (χ1v) is 6.59. The minimum atomic E-state index is -4.65. The minimum absolute atomic E-state index is 0.0957. The van der Waals surface area contributed by atoms with Crippen LogP contribution in [0.2, 0.25) is 0 Å². The summed E-state index contributed by atoms with van der Waals surface area (Å²) in [4.78, 5) is 11.8. The third kappa shape index (κ3) is 3.72. The minimum Gasteiger partial charge on any atom is -0.388 e. The van der Waals surface area contributed by atoms with Crippen molar-refractivity contribution in [2.45, 2.75) is 37.5 Å². The number of alkyl halides is 3. The molecule has 1 saturated carbocycles. The molecule has 2 N–H and O–H groups in total. The Morgan fingerprint density at radius 1 is 1.29 bits per heavy atom. The van der Waals surface area contributed by atoms with Gasteiger partial charge in [-0.3, -0.25) is 4.79 Å². The number of nitrogens with one attached hydrogen (secondary N) is 1. The third-order valence-corrected chi connectivity index (χ3v) is 3.65. The van der Waals surface area contributed by atoms with E-state index < -0.39 is 34.6 Å². The van der Waals surface area contributed by atoms with Gasteiger partial charge in [0.2, 0.25) is 0 Å². The molecule has 0 saturated heterocycles. The summed E-state index contributed by atoms with van der Waals surface area (Å²) >= 11 is 0. The summed E-state index contributed by atoms with van der Waals surface area (Å²) in [5, 5.41) is 12.4. The topological polar surface area (TPSA) is 49.3 Å². The van der Waals surface area contributed by atoms with Gasteiger partial charge >= 0.3 is 6.18 Å². The molecule has 0 bridgehead atoms. The van der Waals surface area contributed by atoms with E-state index in [2.05, 4.69) is 5.32 Å². The number of carbonyl (C=O) groups is 1. The van der Waals surface area contributed by atoms with Crippen LogP contribution in [0.25, 0.3) is 0 Å². The lowest BCUT2D eigenvalue weighted by Gasteiger charge is -2.22. The fraction of sp³-hybridized carbons (Fsp3) is 0.500. The van der Waals surface area contributed by atoms with Crippen molar-refractivity contribution in [3.8, 4) is 0 Å². The van der Waals surface area contributed by atoms with Crippen molar-refractivity contribution in [2.24, 2.45) is 0 Å². The molecular formula is C14H15F4NO2. The number of benzene rings is 1. The van der Waals surface area contributed by atoms with Crippen LogP contribution in [-0.2, 0) is 6.18 Å². The highest BCUT2D eigenvalue weighted by atomic mass is 19.4. The van der Waals surface area contributed by atoms with Crippen molar-refractivity contribution in [1.29, 1.82) is 0 Å². The zero-order valence-corrected chi connectivity index (χ0v) is 11.1. The van der Waals surface area contributed by atoms with Crippen molar-refractivity contribution in [2.75, 3.05) is 6.54 Å². The summed E-state index contributed by atoms with van der Waals surface area (Å²) in [6.45, 7) is -0.0957. The number of halogens is 4. The number of aliphatic hydroxyl groups is 1. The third-order valence-electron chi connectivity index (χ3n) is 3.65. The van der Waals surface area contributed by atoms with Crippen molar-refractivity contribution in [1.82, 2.24) is 5.32 Å². The van der Waals surface area contributed by atoms with E-state index in [1.807, 2.05) is 0 Å². The van der Waals surface area contributed by atoms with Gasteiger partial charge in [-0.2, -0.15) is 13.2 Å². The van der Waals surface area contributed by atoms with Gasteiger partial charge in [0.25, 0.3) is 5.91 Å². The number of rotatable bonds is 3. The highest BCUT2D eigenvalue weighted by Gasteiger charge is 2.33. The van der Waals surface area contributed by atoms with Gasteiger partial charge in [0.05, 0.1) is 16.7 Å². The Morgan fingerprint density at radius 3 is 2.48 bits per heavy atom. The quantitative estimate of drug-likeness (QED) is 0.844. The number of carbonyl (C=O) groups excluding carboxylic acids is 1. The van der Waals surface area contributed by atoms with E-state index in [9.17, 15) is 27.5 Å². The lowest BCUT2D eigenvalue weighted by molar-refractivity contribution is -0.137. The van der Waals surface area contributed by atoms with Crippen molar-refractivity contribution in [3.05, 3.63) is 35.1 Å². The molecule has 21 heavy (non-hydrogen) atoms. The van der Waals surface area contributed by atoms with Crippen molar-refractivity contribution < 1.29 is 27.5 Å². The summed E-state index contributed by atoms with van der Waals surface area (Å²) in [5.74, 6) is -1.99. The maximum Gasteiger partial charge on any atom is 0.416 e. The van der Waals surface area contributed by atoms with Crippen LogP contribution >= 0.6 is 0 Å². The van der Waals surface area contributed by atoms with Crippen molar-refractivity contribution in [3.63, 3.8) is 0 Å². The molecule has 1 aromatic carbocycles. The second kappa shape index (κ2) is 5.63. The van der Waals surface area contributed by atoms with Gasteiger partial charge in [-0.1, -0.05) is 12.8 Å². The summed E-state index contributed by atoms with van der Waals surface area (Å²) in [5.41, 5.74) is -2.81. The molecule has 1 aromatic rings. The smallest absolute Gasteiger partial charge is 0.388 e. The standard InChI is InChI=1S/C14H15F4NO2/c15-11-4-3-9(14(16,17)18)7-10(11)12(20)19-8-13(21)5-1-2-6-13/h3-4,7,21H,1-2,5-6,8H2,(H,19,20). The highest BCUT2D eigenvalue weighted by Crippen LogP contribution is 2.31. The molecule has 7 heteroatoms. The van der Waals surface area contributed by atoms with E-state index in [1.54, 1.807) is 0 Å². The second-order valence-electron chi connectivity index (χ2n) is 5.31. The van der Waals surface area contributed by atoms with E-state index in [0.29, 0.717) is 31.0 Å². The average Bonchev–Trinajstić information content (AvgIpc) is 2.83. The van der Waals surface area contributed by atoms with Crippen LogP contribution in [0.15, 0.2) is 18.2 Å². The normalized spacial score (nSPS) is 17.8. The molecular weight excluding hydrogens is 290 g/mol. The molecule has 1 amide bonds. The second-order valence-corrected chi connectivity index (χ2v) is 5.31. The Bertz CT molecular complexity index is 536. The molecule has 2 rings (SSSR count). The van der Waals surface area contributed by atoms with Gasteiger partial charge in [0.1, 0.15) is 5.82 Å². The van der Waals surface area contributed by atoms with E-state index in [0.717, 1.165) is 12.8 Å². The monoisotopic (exact) mass is 305 g/mol. The number of hydrogen-bond acceptors (Lipinski definition) is 2. The van der Waals surface area contributed by atoms with Crippen LogP contribution in [0.3, 0.4) is 0 Å². The van der Waals surface area contributed by atoms with Gasteiger partial charge in [0.15, 0.2) is 0 Å². The maximum absolute atomic E-state index is 13.5.